The van der Waals surface area contributed by atoms with E-state index in [1.54, 1.807) is 50.2 Å². The number of benzene rings is 2. The molecular formula is C26H24F4N4O3. The monoisotopic (exact) mass is 516 g/mol. The zero-order chi connectivity index (χ0) is 26.4. The molecule has 1 aliphatic rings. The van der Waals surface area contributed by atoms with Gasteiger partial charge in [0.15, 0.2) is 17.1 Å². The first-order valence-corrected chi connectivity index (χ1v) is 11.5. The van der Waals surface area contributed by atoms with Crippen molar-refractivity contribution in [3.8, 4) is 17.2 Å². The van der Waals surface area contributed by atoms with Crippen molar-refractivity contribution in [3.05, 3.63) is 72.4 Å². The Balaban J connectivity index is 1.43. The van der Waals surface area contributed by atoms with Crippen molar-refractivity contribution in [2.24, 2.45) is 0 Å². The third-order valence-corrected chi connectivity index (χ3v) is 6.53. The minimum absolute atomic E-state index is 0.0147. The van der Waals surface area contributed by atoms with Gasteiger partial charge in [0, 0.05) is 16.6 Å². The topological polar surface area (TPSA) is 81.4 Å². The van der Waals surface area contributed by atoms with Crippen LogP contribution >= 0.6 is 0 Å². The van der Waals surface area contributed by atoms with E-state index < -0.39 is 36.1 Å². The average Bonchev–Trinajstić information content (AvgIpc) is 3.49. The van der Waals surface area contributed by atoms with Crippen LogP contribution in [0.2, 0.25) is 0 Å². The molecule has 4 aromatic rings. The third kappa shape index (κ3) is 4.55. The van der Waals surface area contributed by atoms with Crippen LogP contribution in [0.25, 0.3) is 16.6 Å². The predicted octanol–water partition coefficient (Wildman–Crippen LogP) is 5.36. The number of para-hydroxylation sites is 1. The van der Waals surface area contributed by atoms with Gasteiger partial charge >= 0.3 is 6.18 Å². The van der Waals surface area contributed by atoms with Crippen LogP contribution < -0.4 is 14.8 Å². The molecule has 194 valence electrons. The summed E-state index contributed by atoms with van der Waals surface area (Å²) in [5.74, 6) is 0.202. The normalized spacial score (nSPS) is 15.1. The molecule has 0 aliphatic carbocycles. The molecule has 0 bridgehead atoms. The number of nitrogens with one attached hydrogen (secondary N) is 1. The van der Waals surface area contributed by atoms with Crippen LogP contribution in [0, 0.1) is 5.95 Å². The van der Waals surface area contributed by atoms with Crippen molar-refractivity contribution in [1.82, 2.24) is 14.8 Å². The Kier molecular flexibility index (Phi) is 5.98. The van der Waals surface area contributed by atoms with E-state index in [0.29, 0.717) is 39.3 Å². The van der Waals surface area contributed by atoms with Crippen LogP contribution in [0.1, 0.15) is 25.8 Å². The van der Waals surface area contributed by atoms with E-state index in [1.807, 2.05) is 0 Å². The maximum Gasteiger partial charge on any atom is 0.418 e. The van der Waals surface area contributed by atoms with Crippen LogP contribution in [0.3, 0.4) is 0 Å². The van der Waals surface area contributed by atoms with Gasteiger partial charge in [0.05, 0.1) is 30.1 Å². The second-order valence-corrected chi connectivity index (χ2v) is 9.62. The predicted molar refractivity (Wildman–Crippen MR) is 129 cm³/mol. The molecule has 0 fully saturated rings. The van der Waals surface area contributed by atoms with Crippen LogP contribution in [0.15, 0.2) is 60.9 Å². The van der Waals surface area contributed by atoms with Gasteiger partial charge in [0.2, 0.25) is 12.7 Å². The summed E-state index contributed by atoms with van der Waals surface area (Å²) < 4.78 is 68.5. The number of hydrogen-bond acceptors (Lipinski definition) is 6. The Morgan fingerprint density at radius 3 is 2.54 bits per heavy atom. The van der Waals surface area contributed by atoms with E-state index >= 15 is 0 Å². The lowest BCUT2D eigenvalue weighted by Crippen LogP contribution is -2.53. The van der Waals surface area contributed by atoms with Crippen molar-refractivity contribution in [2.75, 3.05) is 18.7 Å². The van der Waals surface area contributed by atoms with Crippen molar-refractivity contribution in [3.63, 3.8) is 0 Å². The molecule has 2 N–H and O–H groups in total. The number of ether oxygens (including phenoxy) is 2. The molecule has 0 saturated carbocycles. The number of hydrogen-bond donors (Lipinski definition) is 2. The molecule has 0 saturated heterocycles. The summed E-state index contributed by atoms with van der Waals surface area (Å²) in [5.41, 5.74) is -2.25. The first-order valence-electron chi connectivity index (χ1n) is 11.5. The molecule has 5 rings (SSSR count). The molecule has 37 heavy (non-hydrogen) atoms. The van der Waals surface area contributed by atoms with Gasteiger partial charge in [-0.15, -0.1) is 0 Å². The fraction of sp³-hybridized carbons (Fsp3) is 0.308. The Labute approximate surface area is 209 Å². The summed E-state index contributed by atoms with van der Waals surface area (Å²) in [6, 6.07) is 12.7. The minimum atomic E-state index is -4.93. The van der Waals surface area contributed by atoms with Crippen molar-refractivity contribution >= 4 is 16.6 Å². The van der Waals surface area contributed by atoms with E-state index in [4.69, 9.17) is 9.47 Å². The standard InChI is InChI=1S/C26H24F4N4O3/c1-24(2,18-5-3-8-21-23(18)37-15-36-21)13-25(35,26(28,29)30)14-32-19-6-4-7-20-17(19)12-33-34(20)16-9-10-22(27)31-11-16/h3-12,32,35H,13-15H2,1-2H3. The van der Waals surface area contributed by atoms with Crippen LogP contribution in [-0.4, -0.2) is 45.0 Å². The van der Waals surface area contributed by atoms with Crippen LogP contribution in [0.4, 0.5) is 23.2 Å². The average molecular weight is 516 g/mol. The minimum Gasteiger partial charge on any atom is -0.454 e. The highest BCUT2D eigenvalue weighted by Crippen LogP contribution is 2.47. The summed E-state index contributed by atoms with van der Waals surface area (Å²) in [7, 11) is 0. The van der Waals surface area contributed by atoms with E-state index in [2.05, 4.69) is 15.4 Å². The molecule has 0 radical (unpaired) electrons. The van der Waals surface area contributed by atoms with E-state index in [9.17, 15) is 22.7 Å². The molecule has 0 spiro atoms. The smallest absolute Gasteiger partial charge is 0.418 e. The maximum atomic E-state index is 14.3. The maximum absolute atomic E-state index is 14.3. The van der Waals surface area contributed by atoms with Gasteiger partial charge in [-0.25, -0.2) is 9.67 Å². The number of halogens is 4. The van der Waals surface area contributed by atoms with Gasteiger partial charge < -0.3 is 19.9 Å². The lowest BCUT2D eigenvalue weighted by molar-refractivity contribution is -0.260. The highest BCUT2D eigenvalue weighted by molar-refractivity contribution is 5.92. The number of aliphatic hydroxyl groups is 1. The number of rotatable bonds is 7. The Bertz CT molecular complexity index is 1440. The second kappa shape index (κ2) is 8.91. The van der Waals surface area contributed by atoms with Gasteiger partial charge in [-0.3, -0.25) is 0 Å². The first-order chi connectivity index (χ1) is 17.5. The quantitative estimate of drug-likeness (QED) is 0.254. The largest absolute Gasteiger partial charge is 0.454 e. The molecule has 1 atom stereocenters. The van der Waals surface area contributed by atoms with Crippen molar-refractivity contribution < 1.29 is 32.1 Å². The summed E-state index contributed by atoms with van der Waals surface area (Å²) in [6.07, 6.45) is -2.76. The highest BCUT2D eigenvalue weighted by atomic mass is 19.4. The van der Waals surface area contributed by atoms with Crippen molar-refractivity contribution in [1.29, 1.82) is 0 Å². The molecule has 2 aromatic heterocycles. The van der Waals surface area contributed by atoms with Crippen molar-refractivity contribution in [2.45, 2.75) is 37.5 Å². The van der Waals surface area contributed by atoms with Crippen LogP contribution in [-0.2, 0) is 5.41 Å². The zero-order valence-corrected chi connectivity index (χ0v) is 20.0. The molecule has 1 unspecified atom stereocenters. The Morgan fingerprint density at radius 1 is 1.03 bits per heavy atom. The van der Waals surface area contributed by atoms with Crippen LogP contribution in [0.5, 0.6) is 11.5 Å². The number of pyridine rings is 1. The molecular weight excluding hydrogens is 492 g/mol. The van der Waals surface area contributed by atoms with Gasteiger partial charge in [-0.1, -0.05) is 32.0 Å². The number of aromatic nitrogens is 3. The SMILES string of the molecule is CC(C)(CC(O)(CNc1cccc2c1cnn2-c1ccc(F)nc1)C(F)(F)F)c1cccc2c1OCO2. The summed E-state index contributed by atoms with van der Waals surface area (Å²) in [5, 5.41) is 18.6. The molecule has 7 nitrogen and oxygen atoms in total. The Morgan fingerprint density at radius 2 is 1.81 bits per heavy atom. The summed E-state index contributed by atoms with van der Waals surface area (Å²) in [4.78, 5) is 3.62. The first kappa shape index (κ1) is 24.8. The van der Waals surface area contributed by atoms with E-state index in [1.165, 1.54) is 29.2 Å². The zero-order valence-electron chi connectivity index (χ0n) is 20.0. The number of alkyl halides is 3. The van der Waals surface area contributed by atoms with E-state index in [-0.39, 0.29) is 6.79 Å². The van der Waals surface area contributed by atoms with Gasteiger partial charge in [-0.05, 0) is 42.2 Å². The molecule has 2 aromatic carbocycles. The van der Waals surface area contributed by atoms with E-state index in [0.717, 1.165) is 0 Å². The Hall–Kier alpha value is -3.86. The lowest BCUT2D eigenvalue weighted by Gasteiger charge is -2.38. The molecule has 11 heteroatoms. The highest BCUT2D eigenvalue weighted by Gasteiger charge is 2.56. The molecule has 3 heterocycles. The van der Waals surface area contributed by atoms with Gasteiger partial charge in [0.25, 0.3) is 0 Å². The summed E-state index contributed by atoms with van der Waals surface area (Å²) >= 11 is 0. The second-order valence-electron chi connectivity index (χ2n) is 9.62. The summed E-state index contributed by atoms with van der Waals surface area (Å²) in [6.45, 7) is 2.44. The molecule has 1 aliphatic heterocycles. The molecule has 0 amide bonds. The van der Waals surface area contributed by atoms with Gasteiger partial charge in [-0.2, -0.15) is 22.7 Å². The number of anilines is 1. The third-order valence-electron chi connectivity index (χ3n) is 6.53. The fourth-order valence-corrected chi connectivity index (χ4v) is 4.70. The lowest BCUT2D eigenvalue weighted by atomic mass is 9.74. The fourth-order valence-electron chi connectivity index (χ4n) is 4.70. The van der Waals surface area contributed by atoms with Gasteiger partial charge in [0.1, 0.15) is 0 Å². The number of fused-ring (bicyclic) bond motifs is 2. The number of nitrogens with zero attached hydrogens (tertiary/aromatic N) is 3.